The van der Waals surface area contributed by atoms with Gasteiger partial charge < -0.3 is 4.90 Å². The van der Waals surface area contributed by atoms with Gasteiger partial charge in [-0.3, -0.25) is 0 Å². The largest absolute Gasteiger partial charge is 0.369 e. The quantitative estimate of drug-likeness (QED) is 0.786. The van der Waals surface area contributed by atoms with E-state index in [1.54, 1.807) is 17.0 Å². The van der Waals surface area contributed by atoms with Gasteiger partial charge in [0.2, 0.25) is 0 Å². The minimum Gasteiger partial charge on any atom is -0.369 e. The molecule has 2 aromatic heterocycles. The Bertz CT molecular complexity index is 750. The van der Waals surface area contributed by atoms with Crippen molar-refractivity contribution in [2.75, 3.05) is 24.5 Å². The third kappa shape index (κ3) is 2.99. The van der Waals surface area contributed by atoms with E-state index in [-0.39, 0.29) is 0 Å². The number of aryl methyl sites for hydroxylation is 1. The molecule has 0 unspecified atom stereocenters. The molecule has 1 aliphatic rings. The van der Waals surface area contributed by atoms with E-state index in [0.29, 0.717) is 12.5 Å². The summed E-state index contributed by atoms with van der Waals surface area (Å²) in [6, 6.07) is 1.99. The van der Waals surface area contributed by atoms with Crippen molar-refractivity contribution in [2.24, 2.45) is 11.1 Å². The van der Waals surface area contributed by atoms with Crippen LogP contribution in [0.2, 0.25) is 0 Å². The molecular formula is C12H18N6O2S. The Morgan fingerprint density at radius 1 is 1.48 bits per heavy atom. The molecule has 9 heteroatoms. The molecule has 3 rings (SSSR count). The first-order chi connectivity index (χ1) is 9.94. The van der Waals surface area contributed by atoms with Crippen LogP contribution in [-0.2, 0) is 10.2 Å². The lowest BCUT2D eigenvalue weighted by Crippen LogP contribution is -2.48. The fourth-order valence-electron chi connectivity index (χ4n) is 2.68. The molecule has 0 aliphatic carbocycles. The normalized spacial score (nSPS) is 16.4. The van der Waals surface area contributed by atoms with Gasteiger partial charge >= 0.3 is 0 Å². The molecule has 0 bridgehead atoms. The van der Waals surface area contributed by atoms with Crippen molar-refractivity contribution in [1.82, 2.24) is 19.3 Å². The highest BCUT2D eigenvalue weighted by Crippen LogP contribution is 2.30. The molecule has 0 radical (unpaired) electrons. The van der Waals surface area contributed by atoms with Crippen LogP contribution in [-0.4, -0.2) is 42.7 Å². The van der Waals surface area contributed by atoms with E-state index in [4.69, 9.17) is 5.14 Å². The Hall–Kier alpha value is -1.71. The Labute approximate surface area is 123 Å². The molecule has 21 heavy (non-hydrogen) atoms. The zero-order chi connectivity index (χ0) is 15.0. The van der Waals surface area contributed by atoms with Crippen molar-refractivity contribution >= 4 is 21.4 Å². The molecule has 0 amide bonds. The zero-order valence-corrected chi connectivity index (χ0v) is 12.5. The number of hydrogen-bond donors (Lipinski definition) is 2. The number of imidazole rings is 1. The van der Waals surface area contributed by atoms with E-state index in [9.17, 15) is 8.42 Å². The standard InChI is InChI=1S/C12H18N6O2S/c1-9-12-11(3-4-15-18(12)8-14-9)17-6-10(7-17)2-5-16-21(13,19)20/h3-4,8,10,16H,2,5-7H2,1H3,(H2,13,19,20). The van der Waals surface area contributed by atoms with Crippen LogP contribution in [0.15, 0.2) is 18.6 Å². The number of anilines is 1. The van der Waals surface area contributed by atoms with Crippen LogP contribution < -0.4 is 14.8 Å². The molecule has 1 fully saturated rings. The number of fused-ring (bicyclic) bond motifs is 1. The number of nitrogens with two attached hydrogens (primary N) is 1. The van der Waals surface area contributed by atoms with Gasteiger partial charge in [-0.05, 0) is 25.3 Å². The predicted octanol–water partition coefficient (Wildman–Crippen LogP) is -0.343. The van der Waals surface area contributed by atoms with Gasteiger partial charge in [0.1, 0.15) is 11.8 Å². The average Bonchev–Trinajstić information content (AvgIpc) is 2.73. The SMILES string of the molecule is Cc1ncn2nccc(N3CC(CCNS(N)(=O)=O)C3)c12. The summed E-state index contributed by atoms with van der Waals surface area (Å²) in [5.74, 6) is 0.468. The second-order valence-corrected chi connectivity index (χ2v) is 6.72. The lowest BCUT2D eigenvalue weighted by atomic mass is 9.95. The van der Waals surface area contributed by atoms with Crippen LogP contribution in [0.25, 0.3) is 5.52 Å². The Morgan fingerprint density at radius 2 is 2.24 bits per heavy atom. The third-order valence-electron chi connectivity index (χ3n) is 3.75. The molecule has 8 nitrogen and oxygen atoms in total. The maximum Gasteiger partial charge on any atom is 0.274 e. The number of hydrogen-bond acceptors (Lipinski definition) is 5. The first-order valence-electron chi connectivity index (χ1n) is 6.75. The molecule has 0 aromatic carbocycles. The molecule has 0 spiro atoms. The Morgan fingerprint density at radius 3 is 2.95 bits per heavy atom. The van der Waals surface area contributed by atoms with E-state index in [1.165, 1.54) is 0 Å². The lowest BCUT2D eigenvalue weighted by molar-refractivity contribution is 0.384. The smallest absolute Gasteiger partial charge is 0.274 e. The molecule has 1 aliphatic heterocycles. The van der Waals surface area contributed by atoms with Gasteiger partial charge in [0.15, 0.2) is 0 Å². The molecule has 2 aromatic rings. The number of aromatic nitrogens is 3. The van der Waals surface area contributed by atoms with Gasteiger partial charge in [-0.1, -0.05) is 0 Å². The Balaban J connectivity index is 1.62. The highest BCUT2D eigenvalue weighted by Gasteiger charge is 2.28. The molecular weight excluding hydrogens is 292 g/mol. The summed E-state index contributed by atoms with van der Waals surface area (Å²) in [6.07, 6.45) is 4.26. The first kappa shape index (κ1) is 14.2. The van der Waals surface area contributed by atoms with Crippen LogP contribution in [0.3, 0.4) is 0 Å². The number of nitrogens with zero attached hydrogens (tertiary/aromatic N) is 4. The Kier molecular flexibility index (Phi) is 3.56. The van der Waals surface area contributed by atoms with Crippen molar-refractivity contribution in [1.29, 1.82) is 0 Å². The minimum absolute atomic E-state index is 0.384. The van der Waals surface area contributed by atoms with Crippen LogP contribution in [0.1, 0.15) is 12.1 Å². The van der Waals surface area contributed by atoms with Gasteiger partial charge in [0.05, 0.1) is 17.6 Å². The maximum atomic E-state index is 10.8. The third-order valence-corrected chi connectivity index (χ3v) is 4.36. The zero-order valence-electron chi connectivity index (χ0n) is 11.7. The van der Waals surface area contributed by atoms with E-state index < -0.39 is 10.2 Å². The van der Waals surface area contributed by atoms with Crippen LogP contribution in [0, 0.1) is 12.8 Å². The van der Waals surface area contributed by atoms with Crippen LogP contribution in [0.5, 0.6) is 0 Å². The summed E-state index contributed by atoms with van der Waals surface area (Å²) in [5, 5.41) is 9.14. The van der Waals surface area contributed by atoms with Gasteiger partial charge in [0.25, 0.3) is 10.2 Å². The summed E-state index contributed by atoms with van der Waals surface area (Å²) < 4.78 is 25.7. The second-order valence-electron chi connectivity index (χ2n) is 5.34. The van der Waals surface area contributed by atoms with Crippen molar-refractivity contribution in [2.45, 2.75) is 13.3 Å². The van der Waals surface area contributed by atoms with Crippen molar-refractivity contribution in [3.63, 3.8) is 0 Å². The van der Waals surface area contributed by atoms with Gasteiger partial charge in [-0.2, -0.15) is 13.5 Å². The van der Waals surface area contributed by atoms with Gasteiger partial charge in [-0.15, -0.1) is 0 Å². The second kappa shape index (κ2) is 5.24. The summed E-state index contributed by atoms with van der Waals surface area (Å²) >= 11 is 0. The number of rotatable bonds is 5. The highest BCUT2D eigenvalue weighted by atomic mass is 32.2. The average molecular weight is 310 g/mol. The van der Waals surface area contributed by atoms with Gasteiger partial charge in [0, 0.05) is 19.6 Å². The summed E-state index contributed by atoms with van der Waals surface area (Å²) in [6.45, 7) is 4.15. The summed E-state index contributed by atoms with van der Waals surface area (Å²) in [7, 11) is -3.58. The highest BCUT2D eigenvalue weighted by molar-refractivity contribution is 7.87. The summed E-state index contributed by atoms with van der Waals surface area (Å²) in [4.78, 5) is 6.53. The monoisotopic (exact) mass is 310 g/mol. The van der Waals surface area contributed by atoms with Crippen LogP contribution >= 0.6 is 0 Å². The lowest BCUT2D eigenvalue weighted by Gasteiger charge is -2.41. The molecule has 3 N–H and O–H groups in total. The molecule has 1 saturated heterocycles. The van der Waals surface area contributed by atoms with Crippen molar-refractivity contribution in [3.05, 3.63) is 24.3 Å². The van der Waals surface area contributed by atoms with Gasteiger partial charge in [-0.25, -0.2) is 19.4 Å². The van der Waals surface area contributed by atoms with E-state index in [2.05, 4.69) is 19.7 Å². The maximum absolute atomic E-state index is 10.8. The molecule has 0 saturated carbocycles. The van der Waals surface area contributed by atoms with E-state index >= 15 is 0 Å². The van der Waals surface area contributed by atoms with Crippen molar-refractivity contribution < 1.29 is 8.42 Å². The summed E-state index contributed by atoms with van der Waals surface area (Å²) in [5.41, 5.74) is 3.10. The predicted molar refractivity (Wildman–Crippen MR) is 79.2 cm³/mol. The molecule has 3 heterocycles. The molecule has 114 valence electrons. The fourth-order valence-corrected chi connectivity index (χ4v) is 3.08. The topological polar surface area (TPSA) is 106 Å². The molecule has 0 atom stereocenters. The number of nitrogens with one attached hydrogen (secondary N) is 1. The fraction of sp³-hybridized carbons (Fsp3) is 0.500. The van der Waals surface area contributed by atoms with Crippen molar-refractivity contribution in [3.8, 4) is 0 Å². The van der Waals surface area contributed by atoms with Crippen LogP contribution in [0.4, 0.5) is 5.69 Å². The van der Waals surface area contributed by atoms with E-state index in [0.717, 1.165) is 36.4 Å². The van der Waals surface area contributed by atoms with E-state index in [1.807, 2.05) is 13.0 Å². The first-order valence-corrected chi connectivity index (χ1v) is 8.30. The minimum atomic E-state index is -3.58.